The van der Waals surface area contributed by atoms with E-state index in [-0.39, 0.29) is 11.9 Å². The summed E-state index contributed by atoms with van der Waals surface area (Å²) in [6, 6.07) is 9.91. The van der Waals surface area contributed by atoms with Crippen LogP contribution >= 0.6 is 15.9 Å². The number of rotatable bonds is 3. The zero-order valence-corrected chi connectivity index (χ0v) is 12.3. The molecule has 0 saturated heterocycles. The van der Waals surface area contributed by atoms with Crippen molar-refractivity contribution in [2.45, 2.75) is 38.1 Å². The minimum Gasteiger partial charge on any atom is -0.349 e. The van der Waals surface area contributed by atoms with E-state index in [0.29, 0.717) is 17.9 Å². The fourth-order valence-electron chi connectivity index (χ4n) is 2.54. The van der Waals surface area contributed by atoms with Gasteiger partial charge in [-0.25, -0.2) is 0 Å². The fraction of sp³-hybridized carbons (Fsp3) is 0.467. The molecule has 0 aromatic heterocycles. The Bertz CT molecular complexity index is 487. The van der Waals surface area contributed by atoms with Gasteiger partial charge in [0.15, 0.2) is 0 Å². The Labute approximate surface area is 122 Å². The van der Waals surface area contributed by atoms with Crippen molar-refractivity contribution < 1.29 is 4.79 Å². The van der Waals surface area contributed by atoms with Crippen molar-refractivity contribution in [2.75, 3.05) is 0 Å². The van der Waals surface area contributed by atoms with Crippen molar-refractivity contribution in [3.05, 3.63) is 34.3 Å². The van der Waals surface area contributed by atoms with Gasteiger partial charge in [0.05, 0.1) is 6.07 Å². The van der Waals surface area contributed by atoms with Crippen molar-refractivity contribution >= 4 is 21.8 Å². The Kier molecular flexibility index (Phi) is 4.98. The van der Waals surface area contributed by atoms with Crippen LogP contribution in [0.15, 0.2) is 28.7 Å². The summed E-state index contributed by atoms with van der Waals surface area (Å²) >= 11 is 3.37. The molecule has 0 bridgehead atoms. The van der Waals surface area contributed by atoms with Crippen LogP contribution in [-0.4, -0.2) is 11.9 Å². The standard InChI is InChI=1S/C15H17BrN2O/c16-13-3-1-2-12(10-13)15(19)18-14-6-4-11(5-7-14)8-9-17/h1-3,10-11,14H,4-8H2,(H,18,19). The Hall–Kier alpha value is -1.34. The summed E-state index contributed by atoms with van der Waals surface area (Å²) in [5.41, 5.74) is 0.688. The normalized spacial score (nSPS) is 22.5. The third kappa shape index (κ3) is 4.07. The molecule has 1 aliphatic carbocycles. The fourth-order valence-corrected chi connectivity index (χ4v) is 2.94. The minimum atomic E-state index is -0.00923. The van der Waals surface area contributed by atoms with Crippen molar-refractivity contribution in [1.82, 2.24) is 5.32 Å². The molecule has 1 aliphatic rings. The molecule has 3 nitrogen and oxygen atoms in total. The molecule has 100 valence electrons. The second kappa shape index (κ2) is 6.72. The molecule has 1 N–H and O–H groups in total. The molecule has 1 aromatic carbocycles. The van der Waals surface area contributed by atoms with Crippen molar-refractivity contribution in [2.24, 2.45) is 5.92 Å². The van der Waals surface area contributed by atoms with Gasteiger partial charge in [-0.15, -0.1) is 0 Å². The second-order valence-corrected chi connectivity index (χ2v) is 5.98. The van der Waals surface area contributed by atoms with Gasteiger partial charge in [0.25, 0.3) is 5.91 Å². The number of amides is 1. The van der Waals surface area contributed by atoms with E-state index in [4.69, 9.17) is 5.26 Å². The van der Waals surface area contributed by atoms with Crippen LogP contribution in [-0.2, 0) is 0 Å². The first-order chi connectivity index (χ1) is 9.19. The van der Waals surface area contributed by atoms with Gasteiger partial charge in [0, 0.05) is 22.5 Å². The predicted molar refractivity (Wildman–Crippen MR) is 77.6 cm³/mol. The minimum absolute atomic E-state index is 0.00923. The zero-order chi connectivity index (χ0) is 13.7. The van der Waals surface area contributed by atoms with Gasteiger partial charge in [0.2, 0.25) is 0 Å². The van der Waals surface area contributed by atoms with Gasteiger partial charge < -0.3 is 5.32 Å². The van der Waals surface area contributed by atoms with Crippen LogP contribution in [0.1, 0.15) is 42.5 Å². The first-order valence-electron chi connectivity index (χ1n) is 6.62. The highest BCUT2D eigenvalue weighted by Crippen LogP contribution is 2.26. The quantitative estimate of drug-likeness (QED) is 0.924. The number of benzene rings is 1. The molecular formula is C15H17BrN2O. The first-order valence-corrected chi connectivity index (χ1v) is 7.41. The summed E-state index contributed by atoms with van der Waals surface area (Å²) in [5, 5.41) is 11.8. The number of hydrogen-bond donors (Lipinski definition) is 1. The number of nitrogens with one attached hydrogen (secondary N) is 1. The molecule has 1 amide bonds. The number of nitrogens with zero attached hydrogens (tertiary/aromatic N) is 1. The molecule has 1 aromatic rings. The monoisotopic (exact) mass is 320 g/mol. The highest BCUT2D eigenvalue weighted by molar-refractivity contribution is 9.10. The van der Waals surface area contributed by atoms with Crippen molar-refractivity contribution in [3.63, 3.8) is 0 Å². The SMILES string of the molecule is N#CCC1CCC(NC(=O)c2cccc(Br)c2)CC1. The molecule has 1 saturated carbocycles. The van der Waals surface area contributed by atoms with Gasteiger partial charge >= 0.3 is 0 Å². The number of carbonyl (C=O) groups is 1. The number of hydrogen-bond acceptors (Lipinski definition) is 2. The predicted octanol–water partition coefficient (Wildman–Crippen LogP) is 3.65. The molecule has 19 heavy (non-hydrogen) atoms. The molecule has 0 radical (unpaired) electrons. The molecule has 0 aliphatic heterocycles. The third-order valence-electron chi connectivity index (χ3n) is 3.65. The second-order valence-electron chi connectivity index (χ2n) is 5.06. The molecule has 0 atom stereocenters. The Morgan fingerprint density at radius 3 is 2.74 bits per heavy atom. The van der Waals surface area contributed by atoms with Crippen LogP contribution in [0.5, 0.6) is 0 Å². The van der Waals surface area contributed by atoms with Crippen LogP contribution in [0.25, 0.3) is 0 Å². The molecule has 0 heterocycles. The number of halogens is 1. The smallest absolute Gasteiger partial charge is 0.251 e. The van der Waals surface area contributed by atoms with Crippen molar-refractivity contribution in [3.8, 4) is 6.07 Å². The summed E-state index contributed by atoms with van der Waals surface area (Å²) in [6.07, 6.45) is 4.68. The lowest BCUT2D eigenvalue weighted by molar-refractivity contribution is 0.0922. The molecule has 0 spiro atoms. The van der Waals surface area contributed by atoms with E-state index in [9.17, 15) is 4.79 Å². The van der Waals surface area contributed by atoms with Crippen molar-refractivity contribution in [1.29, 1.82) is 5.26 Å². The van der Waals surface area contributed by atoms with E-state index in [0.717, 1.165) is 30.2 Å². The van der Waals surface area contributed by atoms with E-state index in [1.165, 1.54) is 0 Å². The van der Waals surface area contributed by atoms with Crippen LogP contribution < -0.4 is 5.32 Å². The van der Waals surface area contributed by atoms with E-state index >= 15 is 0 Å². The average Bonchev–Trinajstić information content (AvgIpc) is 2.41. The number of nitriles is 1. The summed E-state index contributed by atoms with van der Waals surface area (Å²) in [6.45, 7) is 0. The van der Waals surface area contributed by atoms with Crippen LogP contribution in [0.4, 0.5) is 0 Å². The third-order valence-corrected chi connectivity index (χ3v) is 4.14. The highest BCUT2D eigenvalue weighted by atomic mass is 79.9. The summed E-state index contributed by atoms with van der Waals surface area (Å²) in [7, 11) is 0. The van der Waals surface area contributed by atoms with Crippen LogP contribution in [0.3, 0.4) is 0 Å². The molecule has 1 fully saturated rings. The van der Waals surface area contributed by atoms with E-state index in [1.807, 2.05) is 24.3 Å². The van der Waals surface area contributed by atoms with Gasteiger partial charge in [-0.1, -0.05) is 22.0 Å². The lowest BCUT2D eigenvalue weighted by Crippen LogP contribution is -2.37. The number of carbonyl (C=O) groups excluding carboxylic acids is 1. The first kappa shape index (κ1) is 14.1. The lowest BCUT2D eigenvalue weighted by atomic mass is 9.84. The summed E-state index contributed by atoms with van der Waals surface area (Å²) < 4.78 is 0.915. The maximum Gasteiger partial charge on any atom is 0.251 e. The highest BCUT2D eigenvalue weighted by Gasteiger charge is 2.22. The summed E-state index contributed by atoms with van der Waals surface area (Å²) in [5.74, 6) is 0.508. The maximum atomic E-state index is 12.1. The molecule has 2 rings (SSSR count). The Morgan fingerprint density at radius 2 is 2.11 bits per heavy atom. The lowest BCUT2D eigenvalue weighted by Gasteiger charge is -2.27. The van der Waals surface area contributed by atoms with E-state index in [1.54, 1.807) is 0 Å². The molecule has 0 unspecified atom stereocenters. The van der Waals surface area contributed by atoms with E-state index < -0.39 is 0 Å². The van der Waals surface area contributed by atoms with E-state index in [2.05, 4.69) is 27.3 Å². The Balaban J connectivity index is 1.86. The van der Waals surface area contributed by atoms with Gasteiger partial charge in [-0.3, -0.25) is 4.79 Å². The molecule has 4 heteroatoms. The molecular weight excluding hydrogens is 304 g/mol. The van der Waals surface area contributed by atoms with Crippen LogP contribution in [0, 0.1) is 17.2 Å². The Morgan fingerprint density at radius 1 is 1.37 bits per heavy atom. The van der Waals surface area contributed by atoms with Gasteiger partial charge in [-0.2, -0.15) is 5.26 Å². The van der Waals surface area contributed by atoms with Crippen LogP contribution in [0.2, 0.25) is 0 Å². The topological polar surface area (TPSA) is 52.9 Å². The average molecular weight is 321 g/mol. The largest absolute Gasteiger partial charge is 0.349 e. The summed E-state index contributed by atoms with van der Waals surface area (Å²) in [4.78, 5) is 12.1. The maximum absolute atomic E-state index is 12.1. The van der Waals surface area contributed by atoms with Gasteiger partial charge in [-0.05, 0) is 49.8 Å². The zero-order valence-electron chi connectivity index (χ0n) is 10.7. The van der Waals surface area contributed by atoms with Gasteiger partial charge in [0.1, 0.15) is 0 Å².